The lowest BCUT2D eigenvalue weighted by atomic mass is 10.1. The summed E-state index contributed by atoms with van der Waals surface area (Å²) in [6, 6.07) is 20.2. The maximum absolute atomic E-state index is 13.7. The van der Waals surface area contributed by atoms with Gasteiger partial charge in [0, 0.05) is 40.6 Å². The second-order valence-electron chi connectivity index (χ2n) is 10.7. The summed E-state index contributed by atoms with van der Waals surface area (Å²) < 4.78 is 2.35. The minimum Gasteiger partial charge on any atom is -0.465 e. The molecule has 1 aliphatic heterocycles. The Morgan fingerprint density at radius 2 is 1.79 bits per heavy atom. The zero-order valence-corrected chi connectivity index (χ0v) is 25.5. The minimum absolute atomic E-state index is 0. The van der Waals surface area contributed by atoms with E-state index in [1.165, 1.54) is 10.8 Å². The molecule has 3 aromatic carbocycles. The number of unbranched alkanes of at least 4 members (excludes halogenated alkanes) is 1. The number of H-pyrrole nitrogens is 1. The Kier molecular flexibility index (Phi) is 9.88. The Bertz CT molecular complexity index is 1740. The fourth-order valence-corrected chi connectivity index (χ4v) is 6.03. The first-order valence-electron chi connectivity index (χ1n) is 14.2. The molecular weight excluding hydrogens is 587 g/mol. The zero-order chi connectivity index (χ0) is 28.5. The van der Waals surface area contributed by atoms with Crippen LogP contribution in [0.2, 0.25) is 0 Å². The van der Waals surface area contributed by atoms with Gasteiger partial charge < -0.3 is 30.6 Å². The summed E-state index contributed by atoms with van der Waals surface area (Å²) in [7, 11) is 0. The number of aromatic nitrogens is 3. The Labute approximate surface area is 262 Å². The predicted molar refractivity (Wildman–Crippen MR) is 175 cm³/mol. The number of likely N-dealkylation sites (tertiary alicyclic amines) is 1. The van der Waals surface area contributed by atoms with Gasteiger partial charge in [-0.2, -0.15) is 0 Å². The molecule has 1 saturated heterocycles. The summed E-state index contributed by atoms with van der Waals surface area (Å²) >= 11 is 0. The van der Waals surface area contributed by atoms with E-state index >= 15 is 0 Å². The summed E-state index contributed by atoms with van der Waals surface area (Å²) in [5, 5.41) is 14.2. The van der Waals surface area contributed by atoms with Crippen molar-refractivity contribution in [3.05, 3.63) is 84.3 Å². The third-order valence-corrected chi connectivity index (χ3v) is 8.03. The molecule has 2 amide bonds. The molecule has 5 N–H and O–H groups in total. The molecule has 0 aliphatic carbocycles. The van der Waals surface area contributed by atoms with Gasteiger partial charge in [-0.1, -0.05) is 61.9 Å². The number of rotatable bonds is 8. The normalized spacial score (nSPS) is 15.2. The van der Waals surface area contributed by atoms with Crippen LogP contribution in [0.4, 0.5) is 10.5 Å². The lowest BCUT2D eigenvalue weighted by molar-refractivity contribution is -0.134. The number of carboxylic acid groups (broad SMARTS) is 1. The van der Waals surface area contributed by atoms with E-state index in [2.05, 4.69) is 46.1 Å². The highest BCUT2D eigenvalue weighted by Crippen LogP contribution is 2.36. The van der Waals surface area contributed by atoms with Crippen LogP contribution in [0, 0.1) is 0 Å². The molecule has 9 nitrogen and oxygen atoms in total. The molecule has 0 saturated carbocycles. The molecule has 43 heavy (non-hydrogen) atoms. The summed E-state index contributed by atoms with van der Waals surface area (Å²) in [5.74, 6) is 0.424. The molecule has 0 spiro atoms. The quantitative estimate of drug-likeness (QED) is 0.137. The van der Waals surface area contributed by atoms with Gasteiger partial charge in [-0.3, -0.25) is 4.79 Å². The van der Waals surface area contributed by atoms with E-state index in [9.17, 15) is 14.7 Å². The first-order valence-corrected chi connectivity index (χ1v) is 14.2. The number of aromatic amines is 1. The highest BCUT2D eigenvalue weighted by atomic mass is 35.5. The summed E-state index contributed by atoms with van der Waals surface area (Å²) in [4.78, 5) is 35.1. The Morgan fingerprint density at radius 3 is 2.51 bits per heavy atom. The second-order valence-corrected chi connectivity index (χ2v) is 10.7. The summed E-state index contributed by atoms with van der Waals surface area (Å²) in [6.45, 7) is 3.64. The van der Waals surface area contributed by atoms with Gasteiger partial charge in [0.1, 0.15) is 11.9 Å². The number of imidazole rings is 1. The molecule has 1 unspecified atom stereocenters. The molecule has 1 fully saturated rings. The van der Waals surface area contributed by atoms with Gasteiger partial charge >= 0.3 is 6.09 Å². The molecule has 0 bridgehead atoms. The number of nitrogens with zero attached hydrogens (tertiary/aromatic N) is 3. The lowest BCUT2D eigenvalue weighted by Gasteiger charge is -2.28. The number of nitrogens with two attached hydrogens (primary N) is 1. The van der Waals surface area contributed by atoms with Gasteiger partial charge in [-0.15, -0.1) is 24.8 Å². The highest BCUT2D eigenvalue weighted by Gasteiger charge is 2.37. The van der Waals surface area contributed by atoms with E-state index in [4.69, 9.17) is 10.7 Å². The van der Waals surface area contributed by atoms with Crippen molar-refractivity contribution in [3.63, 3.8) is 0 Å². The second kappa shape index (κ2) is 13.4. The topological polar surface area (TPSA) is 129 Å². The van der Waals surface area contributed by atoms with E-state index in [-0.39, 0.29) is 36.8 Å². The molecule has 1 aliphatic rings. The van der Waals surface area contributed by atoms with Crippen molar-refractivity contribution >= 4 is 64.3 Å². The van der Waals surface area contributed by atoms with E-state index in [1.807, 2.05) is 24.4 Å². The third kappa shape index (κ3) is 6.14. The van der Waals surface area contributed by atoms with Gasteiger partial charge in [-0.25, -0.2) is 9.78 Å². The first kappa shape index (κ1) is 31.7. The number of fused-ring (bicyclic) bond motifs is 3. The molecule has 2 aromatic heterocycles. The van der Waals surface area contributed by atoms with Crippen LogP contribution < -0.4 is 11.1 Å². The fraction of sp³-hybridized carbons (Fsp3) is 0.281. The Hall–Kier alpha value is -4.21. The van der Waals surface area contributed by atoms with Crippen molar-refractivity contribution in [2.45, 2.75) is 51.2 Å². The smallest absolute Gasteiger partial charge is 0.405 e. The number of carbonyl (C=O) groups excluding carboxylic acids is 1. The van der Waals surface area contributed by atoms with E-state index in [0.717, 1.165) is 60.2 Å². The first-order chi connectivity index (χ1) is 19.9. The average Bonchev–Trinajstić information content (AvgIpc) is 3.72. The number of aryl methyl sites for hydroxylation is 1. The molecule has 6 rings (SSSR count). The van der Waals surface area contributed by atoms with Crippen LogP contribution in [0.5, 0.6) is 0 Å². The largest absolute Gasteiger partial charge is 0.465 e. The van der Waals surface area contributed by atoms with Crippen molar-refractivity contribution in [1.29, 1.82) is 0 Å². The number of nitrogens with one attached hydrogen (secondary N) is 2. The molecule has 226 valence electrons. The number of amides is 2. The molecule has 5 aromatic rings. The Morgan fingerprint density at radius 1 is 1.07 bits per heavy atom. The van der Waals surface area contributed by atoms with Gasteiger partial charge in [0.05, 0.1) is 23.4 Å². The number of carbonyl (C=O) groups is 2. The molecule has 3 heterocycles. The van der Waals surface area contributed by atoms with Crippen LogP contribution in [0.15, 0.2) is 72.9 Å². The molecule has 2 atom stereocenters. The van der Waals surface area contributed by atoms with Crippen molar-refractivity contribution in [2.75, 3.05) is 12.3 Å². The van der Waals surface area contributed by atoms with E-state index < -0.39 is 12.1 Å². The monoisotopic (exact) mass is 622 g/mol. The van der Waals surface area contributed by atoms with Crippen molar-refractivity contribution in [2.24, 2.45) is 0 Å². The number of halogens is 2. The minimum atomic E-state index is -1.24. The van der Waals surface area contributed by atoms with Crippen LogP contribution in [0.1, 0.15) is 56.1 Å². The van der Waals surface area contributed by atoms with Crippen LogP contribution >= 0.6 is 24.8 Å². The molecule has 11 heteroatoms. The van der Waals surface area contributed by atoms with Gasteiger partial charge in [0.15, 0.2) is 0 Å². The van der Waals surface area contributed by atoms with Gasteiger partial charge in [-0.05, 0) is 43.0 Å². The van der Waals surface area contributed by atoms with Crippen LogP contribution in [0.25, 0.3) is 33.1 Å². The summed E-state index contributed by atoms with van der Waals surface area (Å²) in [6.07, 6.45) is 4.30. The van der Waals surface area contributed by atoms with Gasteiger partial charge in [0.2, 0.25) is 0 Å². The number of hydrogen-bond acceptors (Lipinski definition) is 4. The number of nitrogen functional groups attached to an aromatic ring is 1. The predicted octanol–water partition coefficient (Wildman–Crippen LogP) is 7.08. The maximum atomic E-state index is 13.7. The van der Waals surface area contributed by atoms with Crippen LogP contribution in [-0.4, -0.2) is 43.1 Å². The number of hydrogen-bond donors (Lipinski definition) is 4. The SMILES string of the molecule is CCCCn1c2cc(N)ccc2c2ccc(-c3cnc(C4CCCN4C(=O)[C@H](NC(=O)O)c4ccccc4)[nH]3)cc21.Cl.Cl. The zero-order valence-electron chi connectivity index (χ0n) is 23.8. The van der Waals surface area contributed by atoms with Crippen molar-refractivity contribution in [1.82, 2.24) is 24.8 Å². The average molecular weight is 624 g/mol. The fourth-order valence-electron chi connectivity index (χ4n) is 6.03. The van der Waals surface area contributed by atoms with Gasteiger partial charge in [0.25, 0.3) is 5.91 Å². The van der Waals surface area contributed by atoms with E-state index in [0.29, 0.717) is 17.9 Å². The van der Waals surface area contributed by atoms with Crippen LogP contribution in [0.3, 0.4) is 0 Å². The van der Waals surface area contributed by atoms with E-state index in [1.54, 1.807) is 29.2 Å². The maximum Gasteiger partial charge on any atom is 0.405 e. The van der Waals surface area contributed by atoms with Crippen LogP contribution in [-0.2, 0) is 11.3 Å². The third-order valence-electron chi connectivity index (χ3n) is 8.03. The van der Waals surface area contributed by atoms with Crippen molar-refractivity contribution < 1.29 is 14.7 Å². The summed E-state index contributed by atoms with van der Waals surface area (Å²) in [5.41, 5.74) is 11.7. The van der Waals surface area contributed by atoms with Crippen molar-refractivity contribution in [3.8, 4) is 11.3 Å². The highest BCUT2D eigenvalue weighted by molar-refractivity contribution is 6.09. The molecular formula is C32H36Cl2N6O3. The Balaban J connectivity index is 0.00000212. The lowest BCUT2D eigenvalue weighted by Crippen LogP contribution is -2.42. The standard InChI is InChI=1S/C32H34N6O3.2ClH/c1-2-3-15-37-27-17-21(11-13-23(27)24-14-12-22(33)18-28(24)37)25-19-34-30(35-25)26-10-7-16-38(26)31(39)29(36-32(40)41)20-8-5-4-6-9-20;;/h4-6,8-9,11-14,17-19,26,29,36H,2-3,7,10,15-16,33H2,1H3,(H,34,35)(H,40,41);2*1H/t26?,29-;;/m1../s1. The number of benzene rings is 3. The molecule has 0 radical (unpaired) electrons. The number of anilines is 1.